The van der Waals surface area contributed by atoms with Gasteiger partial charge in [-0.1, -0.05) is 13.8 Å². The minimum atomic E-state index is -0.255. The van der Waals surface area contributed by atoms with Gasteiger partial charge in [-0.2, -0.15) is 0 Å². The van der Waals surface area contributed by atoms with Crippen LogP contribution in [0.1, 0.15) is 27.2 Å². The van der Waals surface area contributed by atoms with E-state index in [1.54, 1.807) is 0 Å². The molecule has 0 spiro atoms. The first-order valence-electron chi connectivity index (χ1n) is 7.30. The third-order valence-electron chi connectivity index (χ3n) is 3.56. The smallest absolute Gasteiger partial charge is 0.0791 e. The molecule has 2 atom stereocenters. The summed E-state index contributed by atoms with van der Waals surface area (Å²) in [6.45, 7) is 12.5. The molecule has 2 N–H and O–H groups in total. The summed E-state index contributed by atoms with van der Waals surface area (Å²) in [7, 11) is 2.18. The summed E-state index contributed by atoms with van der Waals surface area (Å²) >= 11 is 0. The van der Waals surface area contributed by atoms with Crippen LogP contribution in [0.15, 0.2) is 0 Å². The number of hydrogen-bond donors (Lipinski definition) is 2. The molecule has 1 fully saturated rings. The second-order valence-electron chi connectivity index (χ2n) is 6.17. The van der Waals surface area contributed by atoms with E-state index < -0.39 is 0 Å². The summed E-state index contributed by atoms with van der Waals surface area (Å²) in [6, 6.07) is 0.539. The highest BCUT2D eigenvalue weighted by Crippen LogP contribution is 2.08. The lowest BCUT2D eigenvalue weighted by Gasteiger charge is -2.29. The van der Waals surface area contributed by atoms with Gasteiger partial charge in [0.15, 0.2) is 0 Å². The monoisotopic (exact) mass is 257 g/mol. The van der Waals surface area contributed by atoms with Crippen molar-refractivity contribution < 1.29 is 5.11 Å². The zero-order chi connectivity index (χ0) is 13.5. The van der Waals surface area contributed by atoms with E-state index in [2.05, 4.69) is 42.9 Å². The highest BCUT2D eigenvalue weighted by atomic mass is 16.3. The predicted octanol–water partition coefficient (Wildman–Crippen LogP) is 0.619. The maximum Gasteiger partial charge on any atom is 0.0791 e. The minimum Gasteiger partial charge on any atom is -0.390 e. The zero-order valence-electron chi connectivity index (χ0n) is 12.5. The first-order valence-corrected chi connectivity index (χ1v) is 7.30. The van der Waals surface area contributed by atoms with Crippen LogP contribution < -0.4 is 5.32 Å². The van der Waals surface area contributed by atoms with Crippen molar-refractivity contribution in [3.63, 3.8) is 0 Å². The van der Waals surface area contributed by atoms with Crippen LogP contribution in [0.3, 0.4) is 0 Å². The van der Waals surface area contributed by atoms with Gasteiger partial charge in [-0.15, -0.1) is 0 Å². The number of β-amino-alcohol motifs (C(OH)–C–C–N with tert-alkyl or cyclic N) is 1. The van der Waals surface area contributed by atoms with Crippen LogP contribution in [-0.2, 0) is 0 Å². The molecule has 0 amide bonds. The molecular formula is C14H31N3O. The molecule has 1 saturated heterocycles. The van der Waals surface area contributed by atoms with Gasteiger partial charge < -0.3 is 15.3 Å². The van der Waals surface area contributed by atoms with Crippen molar-refractivity contribution in [3.8, 4) is 0 Å². The van der Waals surface area contributed by atoms with Gasteiger partial charge in [0, 0.05) is 25.7 Å². The Balaban J connectivity index is 2.26. The minimum absolute atomic E-state index is 0.255. The molecule has 2 unspecified atom stereocenters. The predicted molar refractivity (Wildman–Crippen MR) is 76.9 cm³/mol. The van der Waals surface area contributed by atoms with E-state index in [1.807, 2.05) is 0 Å². The molecule has 18 heavy (non-hydrogen) atoms. The molecule has 0 aliphatic carbocycles. The lowest BCUT2D eigenvalue weighted by Crippen LogP contribution is -2.45. The molecule has 1 heterocycles. The quantitative estimate of drug-likeness (QED) is 0.732. The maximum absolute atomic E-state index is 10.1. The first kappa shape index (κ1) is 15.9. The number of hydrogen-bond acceptors (Lipinski definition) is 4. The Morgan fingerprint density at radius 1 is 1.28 bits per heavy atom. The van der Waals surface area contributed by atoms with Crippen LogP contribution in [0.4, 0.5) is 0 Å². The van der Waals surface area contributed by atoms with Gasteiger partial charge in [0.05, 0.1) is 6.10 Å². The highest BCUT2D eigenvalue weighted by Gasteiger charge is 2.21. The topological polar surface area (TPSA) is 38.7 Å². The van der Waals surface area contributed by atoms with E-state index in [0.717, 1.165) is 26.2 Å². The van der Waals surface area contributed by atoms with Crippen LogP contribution in [0.2, 0.25) is 0 Å². The van der Waals surface area contributed by atoms with Gasteiger partial charge >= 0.3 is 0 Å². The molecule has 4 nitrogen and oxygen atoms in total. The van der Waals surface area contributed by atoms with Crippen molar-refractivity contribution in [1.29, 1.82) is 0 Å². The third-order valence-corrected chi connectivity index (χ3v) is 3.56. The van der Waals surface area contributed by atoms with Crippen molar-refractivity contribution in [2.24, 2.45) is 5.92 Å². The summed E-state index contributed by atoms with van der Waals surface area (Å²) in [5, 5.41) is 13.4. The molecule has 1 rings (SSSR count). The second kappa shape index (κ2) is 8.10. The van der Waals surface area contributed by atoms with Crippen molar-refractivity contribution >= 4 is 0 Å². The van der Waals surface area contributed by atoms with Crippen molar-refractivity contribution in [2.75, 3.05) is 46.3 Å². The number of nitrogens with one attached hydrogen (secondary N) is 1. The van der Waals surface area contributed by atoms with Crippen LogP contribution in [0.5, 0.6) is 0 Å². The molecule has 0 saturated carbocycles. The highest BCUT2D eigenvalue weighted by molar-refractivity contribution is 4.78. The van der Waals surface area contributed by atoms with Gasteiger partial charge in [-0.3, -0.25) is 4.90 Å². The SMILES string of the molecule is CC(C)CNCC(O)CN1CCCN(C)CC1C. The van der Waals surface area contributed by atoms with Gasteiger partial charge in [-0.05, 0) is 45.9 Å². The molecule has 1 aliphatic rings. The fourth-order valence-electron chi connectivity index (χ4n) is 2.57. The maximum atomic E-state index is 10.1. The van der Waals surface area contributed by atoms with E-state index in [0.29, 0.717) is 18.5 Å². The Morgan fingerprint density at radius 3 is 2.67 bits per heavy atom. The second-order valence-corrected chi connectivity index (χ2v) is 6.17. The molecule has 1 aliphatic heterocycles. The fourth-order valence-corrected chi connectivity index (χ4v) is 2.57. The largest absolute Gasteiger partial charge is 0.390 e. The van der Waals surface area contributed by atoms with Crippen molar-refractivity contribution in [3.05, 3.63) is 0 Å². The van der Waals surface area contributed by atoms with E-state index in [9.17, 15) is 5.11 Å². The Labute approximate surface area is 112 Å². The van der Waals surface area contributed by atoms with E-state index in [1.165, 1.54) is 13.0 Å². The zero-order valence-corrected chi connectivity index (χ0v) is 12.5. The van der Waals surface area contributed by atoms with Gasteiger partial charge in [0.1, 0.15) is 0 Å². The lowest BCUT2D eigenvalue weighted by molar-refractivity contribution is 0.0908. The molecule has 0 aromatic heterocycles. The van der Waals surface area contributed by atoms with Crippen molar-refractivity contribution in [1.82, 2.24) is 15.1 Å². The Morgan fingerprint density at radius 2 is 2.00 bits per heavy atom. The summed E-state index contributed by atoms with van der Waals surface area (Å²) in [5.74, 6) is 0.642. The normalized spacial score (nSPS) is 25.3. The molecule has 108 valence electrons. The Bertz CT molecular complexity index is 223. The van der Waals surface area contributed by atoms with Crippen LogP contribution in [0.25, 0.3) is 0 Å². The summed E-state index contributed by atoms with van der Waals surface area (Å²) in [4.78, 5) is 4.80. The number of likely N-dealkylation sites (N-methyl/N-ethyl adjacent to an activating group) is 1. The van der Waals surface area contributed by atoms with Crippen LogP contribution >= 0.6 is 0 Å². The van der Waals surface area contributed by atoms with Crippen molar-refractivity contribution in [2.45, 2.75) is 39.3 Å². The summed E-state index contributed by atoms with van der Waals surface area (Å²) in [5.41, 5.74) is 0. The van der Waals surface area contributed by atoms with Crippen LogP contribution in [0, 0.1) is 5.92 Å². The van der Waals surface area contributed by atoms with Gasteiger partial charge in [0.25, 0.3) is 0 Å². The van der Waals surface area contributed by atoms with E-state index in [-0.39, 0.29) is 6.10 Å². The summed E-state index contributed by atoms with van der Waals surface area (Å²) in [6.07, 6.45) is 0.946. The molecule has 4 heteroatoms. The lowest BCUT2D eigenvalue weighted by atomic mass is 10.2. The van der Waals surface area contributed by atoms with E-state index in [4.69, 9.17) is 0 Å². The first-order chi connectivity index (χ1) is 8.49. The molecular weight excluding hydrogens is 226 g/mol. The average Bonchev–Trinajstić information content (AvgIpc) is 2.40. The van der Waals surface area contributed by atoms with E-state index >= 15 is 0 Å². The molecule has 0 aromatic rings. The third kappa shape index (κ3) is 6.14. The van der Waals surface area contributed by atoms with Gasteiger partial charge in [-0.25, -0.2) is 0 Å². The molecule has 0 bridgehead atoms. The standard InChI is InChI=1S/C14H31N3O/c1-12(2)8-15-9-14(18)11-17-7-5-6-16(4)10-13(17)3/h12-15,18H,5-11H2,1-4H3. The number of aliphatic hydroxyl groups excluding tert-OH is 1. The number of aliphatic hydroxyl groups is 1. The van der Waals surface area contributed by atoms with Gasteiger partial charge in [0.2, 0.25) is 0 Å². The Hall–Kier alpha value is -0.160. The number of rotatable bonds is 6. The average molecular weight is 257 g/mol. The molecule has 0 radical (unpaired) electrons. The van der Waals surface area contributed by atoms with Crippen LogP contribution in [-0.4, -0.2) is 73.4 Å². The molecule has 0 aromatic carbocycles. The summed E-state index contributed by atoms with van der Waals surface area (Å²) < 4.78 is 0. The Kier molecular flexibility index (Phi) is 7.15. The number of nitrogens with zero attached hydrogens (tertiary/aromatic N) is 2. The fraction of sp³-hybridized carbons (Fsp3) is 1.00.